The van der Waals surface area contributed by atoms with Crippen molar-refractivity contribution < 1.29 is 17.9 Å². The van der Waals surface area contributed by atoms with Crippen LogP contribution in [0, 0.1) is 0 Å². The molecular weight excluding hydrogens is 321 g/mol. The number of anilines is 1. The fourth-order valence-corrected chi connectivity index (χ4v) is 2.38. The molecule has 5 nitrogen and oxygen atoms in total. The molecule has 2 rings (SSSR count). The Morgan fingerprint density at radius 2 is 1.83 bits per heavy atom. The van der Waals surface area contributed by atoms with Crippen molar-refractivity contribution in [2.24, 2.45) is 4.99 Å². The van der Waals surface area contributed by atoms with Crippen LogP contribution in [0.25, 0.3) is 0 Å². The quantitative estimate of drug-likeness (QED) is 0.635. The molecule has 0 spiro atoms. The average molecular weight is 344 g/mol. The van der Waals surface area contributed by atoms with E-state index in [1.54, 1.807) is 0 Å². The summed E-state index contributed by atoms with van der Waals surface area (Å²) >= 11 is 0. The van der Waals surface area contributed by atoms with Gasteiger partial charge in [-0.15, -0.1) is 0 Å². The van der Waals surface area contributed by atoms with Crippen LogP contribution in [0.15, 0.2) is 29.3 Å². The highest BCUT2D eigenvalue weighted by molar-refractivity contribution is 5.79. The van der Waals surface area contributed by atoms with Gasteiger partial charge in [0.1, 0.15) is 0 Å². The largest absolute Gasteiger partial charge is 0.390 e. The standard InChI is InChI=1S/C16H23F3N4O/c1-20-15(21-7-6-16(17,18)19)22-12-13-2-4-14(5-3-13)23-8-10-24-11-9-23/h2-5H,6-12H2,1H3,(H2,20,21,22). The Morgan fingerprint density at radius 1 is 1.17 bits per heavy atom. The van der Waals surface area contributed by atoms with Crippen molar-refractivity contribution >= 4 is 11.6 Å². The summed E-state index contributed by atoms with van der Waals surface area (Å²) in [6, 6.07) is 8.09. The van der Waals surface area contributed by atoms with Crippen molar-refractivity contribution in [3.05, 3.63) is 29.8 Å². The third-order valence-electron chi connectivity index (χ3n) is 3.70. The van der Waals surface area contributed by atoms with Gasteiger partial charge in [0, 0.05) is 38.9 Å². The highest BCUT2D eigenvalue weighted by atomic mass is 19.4. The maximum absolute atomic E-state index is 12.1. The van der Waals surface area contributed by atoms with Crippen molar-refractivity contribution in [2.75, 3.05) is 44.8 Å². The first-order chi connectivity index (χ1) is 11.5. The van der Waals surface area contributed by atoms with E-state index >= 15 is 0 Å². The molecule has 0 atom stereocenters. The lowest BCUT2D eigenvalue weighted by Gasteiger charge is -2.28. The molecular formula is C16H23F3N4O. The average Bonchev–Trinajstić information content (AvgIpc) is 2.58. The second kappa shape index (κ2) is 8.77. The van der Waals surface area contributed by atoms with Gasteiger partial charge in [-0.25, -0.2) is 0 Å². The van der Waals surface area contributed by atoms with Crippen LogP contribution in [0.5, 0.6) is 0 Å². The van der Waals surface area contributed by atoms with E-state index in [2.05, 4.69) is 20.5 Å². The van der Waals surface area contributed by atoms with E-state index < -0.39 is 12.6 Å². The first kappa shape index (κ1) is 18.4. The predicted octanol–water partition coefficient (Wildman–Crippen LogP) is 2.14. The number of hydrogen-bond acceptors (Lipinski definition) is 3. The van der Waals surface area contributed by atoms with Gasteiger partial charge >= 0.3 is 6.18 Å². The van der Waals surface area contributed by atoms with Crippen LogP contribution in [-0.2, 0) is 11.3 Å². The predicted molar refractivity (Wildman–Crippen MR) is 88.3 cm³/mol. The normalized spacial score (nSPS) is 16.2. The third-order valence-corrected chi connectivity index (χ3v) is 3.70. The van der Waals surface area contributed by atoms with Gasteiger partial charge in [-0.05, 0) is 17.7 Å². The van der Waals surface area contributed by atoms with Crippen LogP contribution < -0.4 is 15.5 Å². The number of nitrogens with one attached hydrogen (secondary N) is 2. The van der Waals surface area contributed by atoms with Gasteiger partial charge in [0.05, 0.1) is 19.6 Å². The highest BCUT2D eigenvalue weighted by Crippen LogP contribution is 2.18. The number of alkyl halides is 3. The molecule has 134 valence electrons. The van der Waals surface area contributed by atoms with Crippen molar-refractivity contribution in [2.45, 2.75) is 19.1 Å². The Hall–Kier alpha value is -1.96. The fourth-order valence-electron chi connectivity index (χ4n) is 2.38. The number of morpholine rings is 1. The number of rotatable bonds is 5. The Labute approximate surface area is 139 Å². The zero-order valence-corrected chi connectivity index (χ0v) is 13.7. The maximum Gasteiger partial charge on any atom is 0.390 e. The third kappa shape index (κ3) is 6.27. The zero-order valence-electron chi connectivity index (χ0n) is 13.7. The molecule has 0 bridgehead atoms. The number of nitrogens with zero attached hydrogens (tertiary/aromatic N) is 2. The molecule has 1 aliphatic heterocycles. The molecule has 0 aliphatic carbocycles. The van der Waals surface area contributed by atoms with E-state index in [0.717, 1.165) is 37.6 Å². The Kier molecular flexibility index (Phi) is 6.72. The van der Waals surface area contributed by atoms with Crippen LogP contribution >= 0.6 is 0 Å². The van der Waals surface area contributed by atoms with E-state index in [9.17, 15) is 13.2 Å². The summed E-state index contributed by atoms with van der Waals surface area (Å²) in [6.07, 6.45) is -5.05. The Morgan fingerprint density at radius 3 is 2.42 bits per heavy atom. The lowest BCUT2D eigenvalue weighted by atomic mass is 10.2. The van der Waals surface area contributed by atoms with Crippen molar-refractivity contribution in [3.63, 3.8) is 0 Å². The van der Waals surface area contributed by atoms with Crippen molar-refractivity contribution in [1.29, 1.82) is 0 Å². The minimum absolute atomic E-state index is 0.195. The minimum atomic E-state index is -4.17. The van der Waals surface area contributed by atoms with Gasteiger partial charge in [0.25, 0.3) is 0 Å². The lowest BCUT2D eigenvalue weighted by Crippen LogP contribution is -2.38. The summed E-state index contributed by atoms with van der Waals surface area (Å²) < 4.78 is 41.8. The van der Waals surface area contributed by atoms with E-state index in [4.69, 9.17) is 4.74 Å². The SMILES string of the molecule is CN=C(NCCC(F)(F)F)NCc1ccc(N2CCOCC2)cc1. The van der Waals surface area contributed by atoms with Crippen LogP contribution in [0.1, 0.15) is 12.0 Å². The molecule has 0 amide bonds. The Bertz CT molecular complexity index is 525. The molecule has 1 aromatic rings. The molecule has 0 saturated carbocycles. The van der Waals surface area contributed by atoms with Crippen LogP contribution in [0.2, 0.25) is 0 Å². The van der Waals surface area contributed by atoms with E-state index in [1.165, 1.54) is 7.05 Å². The molecule has 1 fully saturated rings. The number of guanidine groups is 1. The summed E-state index contributed by atoms with van der Waals surface area (Å²) in [5, 5.41) is 5.66. The minimum Gasteiger partial charge on any atom is -0.378 e. The summed E-state index contributed by atoms with van der Waals surface area (Å²) in [5.41, 5.74) is 2.18. The highest BCUT2D eigenvalue weighted by Gasteiger charge is 2.26. The number of benzene rings is 1. The molecule has 0 radical (unpaired) electrons. The first-order valence-electron chi connectivity index (χ1n) is 7.91. The molecule has 1 aliphatic rings. The molecule has 1 aromatic carbocycles. The number of ether oxygens (including phenoxy) is 1. The number of halogens is 3. The molecule has 0 unspecified atom stereocenters. The van der Waals surface area contributed by atoms with Gasteiger partial charge in [0.15, 0.2) is 5.96 Å². The molecule has 0 aromatic heterocycles. The van der Waals surface area contributed by atoms with Gasteiger partial charge in [0.2, 0.25) is 0 Å². The van der Waals surface area contributed by atoms with Crippen molar-refractivity contribution in [1.82, 2.24) is 10.6 Å². The van der Waals surface area contributed by atoms with Gasteiger partial charge in [-0.3, -0.25) is 4.99 Å². The van der Waals surface area contributed by atoms with Crippen molar-refractivity contribution in [3.8, 4) is 0 Å². The summed E-state index contributed by atoms with van der Waals surface area (Å²) in [7, 11) is 1.53. The monoisotopic (exact) mass is 344 g/mol. The number of hydrogen-bond donors (Lipinski definition) is 2. The second-order valence-electron chi connectivity index (χ2n) is 5.48. The summed E-state index contributed by atoms with van der Waals surface area (Å²) in [5.74, 6) is 0.358. The maximum atomic E-state index is 12.1. The molecule has 8 heteroatoms. The number of aliphatic imine (C=N–C) groups is 1. The van der Waals surface area contributed by atoms with Gasteiger partial charge in [-0.1, -0.05) is 12.1 Å². The van der Waals surface area contributed by atoms with E-state index in [0.29, 0.717) is 12.5 Å². The van der Waals surface area contributed by atoms with Crippen LogP contribution in [0.3, 0.4) is 0 Å². The smallest absolute Gasteiger partial charge is 0.378 e. The summed E-state index contributed by atoms with van der Waals surface area (Å²) in [4.78, 5) is 6.18. The first-order valence-corrected chi connectivity index (χ1v) is 7.91. The van der Waals surface area contributed by atoms with Crippen LogP contribution in [0.4, 0.5) is 18.9 Å². The van der Waals surface area contributed by atoms with Gasteiger partial charge in [-0.2, -0.15) is 13.2 Å². The Balaban J connectivity index is 1.78. The zero-order chi connectivity index (χ0) is 17.4. The topological polar surface area (TPSA) is 48.9 Å². The summed E-state index contributed by atoms with van der Waals surface area (Å²) in [6.45, 7) is 3.54. The molecule has 24 heavy (non-hydrogen) atoms. The van der Waals surface area contributed by atoms with Gasteiger partial charge < -0.3 is 20.3 Å². The van der Waals surface area contributed by atoms with E-state index in [1.807, 2.05) is 24.3 Å². The fraction of sp³-hybridized carbons (Fsp3) is 0.562. The molecule has 1 saturated heterocycles. The second-order valence-corrected chi connectivity index (χ2v) is 5.48. The molecule has 1 heterocycles. The van der Waals surface area contributed by atoms with E-state index in [-0.39, 0.29) is 6.54 Å². The lowest BCUT2D eigenvalue weighted by molar-refractivity contribution is -0.132. The van der Waals surface area contributed by atoms with Crippen LogP contribution in [-0.4, -0.2) is 52.0 Å². The molecule has 2 N–H and O–H groups in total.